The van der Waals surface area contributed by atoms with E-state index in [0.717, 1.165) is 30.1 Å². The summed E-state index contributed by atoms with van der Waals surface area (Å²) in [5, 5.41) is 0. The molecule has 0 aromatic carbocycles. The van der Waals surface area contributed by atoms with Gasteiger partial charge in [-0.25, -0.2) is 0 Å². The molecule has 136 valence electrons. The highest BCUT2D eigenvalue weighted by atomic mass is 16.5. The maximum Gasteiger partial charge on any atom is 0.133 e. The van der Waals surface area contributed by atoms with Gasteiger partial charge in [0, 0.05) is 13.0 Å². The highest BCUT2D eigenvalue weighted by Gasteiger charge is 2.60. The van der Waals surface area contributed by atoms with Gasteiger partial charge in [-0.05, 0) is 99.2 Å². The first-order chi connectivity index (χ1) is 11.4. The molecular formula is C22H36O2. The fraction of sp³-hybridized carbons (Fsp3) is 0.955. The summed E-state index contributed by atoms with van der Waals surface area (Å²) in [5.41, 5.74) is 0.841. The van der Waals surface area contributed by atoms with Crippen LogP contribution in [-0.2, 0) is 9.53 Å². The van der Waals surface area contributed by atoms with E-state index in [-0.39, 0.29) is 0 Å². The highest BCUT2D eigenvalue weighted by molar-refractivity contribution is 5.79. The van der Waals surface area contributed by atoms with Crippen LogP contribution in [0.25, 0.3) is 0 Å². The van der Waals surface area contributed by atoms with Crippen LogP contribution in [0.4, 0.5) is 0 Å². The number of Topliss-reactive ketones (excluding diaryl/α,β-unsaturated/α-hetero) is 1. The number of rotatable bonds is 2. The van der Waals surface area contributed by atoms with E-state index in [2.05, 4.69) is 13.8 Å². The molecule has 2 nitrogen and oxygen atoms in total. The van der Waals surface area contributed by atoms with E-state index in [1.807, 2.05) is 14.0 Å². The second kappa shape index (κ2) is 5.83. The van der Waals surface area contributed by atoms with Crippen LogP contribution in [0, 0.1) is 40.4 Å². The third-order valence-corrected chi connectivity index (χ3v) is 9.44. The van der Waals surface area contributed by atoms with Crippen molar-refractivity contribution in [3.05, 3.63) is 0 Å². The van der Waals surface area contributed by atoms with Gasteiger partial charge in [-0.3, -0.25) is 4.79 Å². The lowest BCUT2D eigenvalue weighted by molar-refractivity contribution is -0.140. The van der Waals surface area contributed by atoms with E-state index >= 15 is 0 Å². The summed E-state index contributed by atoms with van der Waals surface area (Å²) in [7, 11) is 1.89. The van der Waals surface area contributed by atoms with Crippen LogP contribution in [0.3, 0.4) is 0 Å². The Morgan fingerprint density at radius 3 is 2.33 bits per heavy atom. The number of hydrogen-bond donors (Lipinski definition) is 0. The van der Waals surface area contributed by atoms with Gasteiger partial charge in [-0.2, -0.15) is 0 Å². The van der Waals surface area contributed by atoms with Gasteiger partial charge in [0.25, 0.3) is 0 Å². The summed E-state index contributed by atoms with van der Waals surface area (Å²) in [5.74, 6) is 4.26. The molecule has 0 N–H and O–H groups in total. The van der Waals surface area contributed by atoms with Crippen molar-refractivity contribution in [2.45, 2.75) is 84.7 Å². The Labute approximate surface area is 148 Å². The summed E-state index contributed by atoms with van der Waals surface area (Å²) in [4.78, 5) is 12.2. The zero-order valence-electron chi connectivity index (χ0n) is 16.1. The molecule has 0 aromatic rings. The van der Waals surface area contributed by atoms with Gasteiger partial charge in [0.05, 0.1) is 6.10 Å². The minimum absolute atomic E-state index is 0.305. The number of carbonyl (C=O) groups is 1. The summed E-state index contributed by atoms with van der Waals surface area (Å²) in [6, 6.07) is 0. The van der Waals surface area contributed by atoms with Crippen molar-refractivity contribution in [3.8, 4) is 0 Å². The molecule has 4 rings (SSSR count). The van der Waals surface area contributed by atoms with Gasteiger partial charge in [-0.1, -0.05) is 13.8 Å². The largest absolute Gasteiger partial charge is 0.381 e. The highest BCUT2D eigenvalue weighted by Crippen LogP contribution is 2.67. The Morgan fingerprint density at radius 2 is 1.62 bits per heavy atom. The van der Waals surface area contributed by atoms with Crippen LogP contribution in [-0.4, -0.2) is 19.0 Å². The third-order valence-electron chi connectivity index (χ3n) is 9.44. The van der Waals surface area contributed by atoms with Crippen LogP contribution >= 0.6 is 0 Å². The van der Waals surface area contributed by atoms with E-state index in [1.54, 1.807) is 0 Å². The van der Waals surface area contributed by atoms with Crippen LogP contribution in [0.5, 0.6) is 0 Å². The second-order valence-electron chi connectivity index (χ2n) is 10.1. The number of carbonyl (C=O) groups excluding carboxylic acids is 1. The van der Waals surface area contributed by atoms with Crippen molar-refractivity contribution in [1.82, 2.24) is 0 Å². The molecule has 0 radical (unpaired) electrons. The van der Waals surface area contributed by atoms with Crippen LogP contribution < -0.4 is 0 Å². The first kappa shape index (κ1) is 17.1. The Morgan fingerprint density at radius 1 is 0.917 bits per heavy atom. The predicted molar refractivity (Wildman–Crippen MR) is 96.7 cm³/mol. The van der Waals surface area contributed by atoms with Gasteiger partial charge in [0.2, 0.25) is 0 Å². The topological polar surface area (TPSA) is 26.3 Å². The molecule has 4 aliphatic carbocycles. The van der Waals surface area contributed by atoms with Crippen LogP contribution in [0.1, 0.15) is 78.6 Å². The SMILES string of the molecule is COC1CCC2(C)C(CCC3C2CCC2(C)C(C(C)=O)CCC32)C1. The fourth-order valence-electron chi connectivity index (χ4n) is 8.10. The predicted octanol–water partition coefficient (Wildman–Crippen LogP) is 5.25. The molecule has 2 heteroatoms. The molecule has 0 saturated heterocycles. The molecule has 4 saturated carbocycles. The summed E-state index contributed by atoms with van der Waals surface area (Å²) >= 11 is 0. The Kier molecular flexibility index (Phi) is 4.14. The second-order valence-corrected chi connectivity index (χ2v) is 10.1. The molecule has 4 fully saturated rings. The average molecular weight is 333 g/mol. The van der Waals surface area contributed by atoms with Crippen molar-refractivity contribution < 1.29 is 9.53 Å². The van der Waals surface area contributed by atoms with Crippen molar-refractivity contribution in [3.63, 3.8) is 0 Å². The summed E-state index contributed by atoms with van der Waals surface area (Å²) < 4.78 is 5.71. The van der Waals surface area contributed by atoms with Crippen LogP contribution in [0.15, 0.2) is 0 Å². The third kappa shape index (κ3) is 2.27. The van der Waals surface area contributed by atoms with Crippen molar-refractivity contribution in [2.75, 3.05) is 7.11 Å². The molecule has 24 heavy (non-hydrogen) atoms. The maximum absolute atomic E-state index is 12.2. The first-order valence-electron chi connectivity index (χ1n) is 10.4. The number of ether oxygens (including phenoxy) is 1. The van der Waals surface area contributed by atoms with E-state index in [9.17, 15) is 4.79 Å². The lowest BCUT2D eigenvalue weighted by Crippen LogP contribution is -2.54. The molecule has 0 heterocycles. The number of hydrogen-bond acceptors (Lipinski definition) is 2. The molecule has 0 bridgehead atoms. The lowest BCUT2D eigenvalue weighted by Gasteiger charge is -2.61. The molecule has 8 atom stereocenters. The van der Waals surface area contributed by atoms with Gasteiger partial charge in [0.1, 0.15) is 5.78 Å². The molecule has 0 amide bonds. The molecule has 0 aromatic heterocycles. The van der Waals surface area contributed by atoms with Gasteiger partial charge in [-0.15, -0.1) is 0 Å². The van der Waals surface area contributed by atoms with Gasteiger partial charge < -0.3 is 4.74 Å². The Hall–Kier alpha value is -0.370. The quantitative estimate of drug-likeness (QED) is 0.690. The normalized spacial score (nSPS) is 53.8. The lowest BCUT2D eigenvalue weighted by atomic mass is 9.44. The standard InChI is InChI=1S/C22H36O2/c1-14(23)18-7-8-19-17-6-5-15-13-16(24-4)9-11-21(15,2)20(17)10-12-22(18,19)3/h15-20H,5-13H2,1-4H3. The zero-order chi connectivity index (χ0) is 17.1. The average Bonchev–Trinajstić information content (AvgIpc) is 2.91. The van der Waals surface area contributed by atoms with E-state index in [4.69, 9.17) is 4.74 Å². The van der Waals surface area contributed by atoms with E-state index < -0.39 is 0 Å². The first-order valence-corrected chi connectivity index (χ1v) is 10.4. The van der Waals surface area contributed by atoms with Gasteiger partial charge in [0.15, 0.2) is 0 Å². The molecule has 8 unspecified atom stereocenters. The van der Waals surface area contributed by atoms with Crippen molar-refractivity contribution in [2.24, 2.45) is 40.4 Å². The summed E-state index contributed by atoms with van der Waals surface area (Å²) in [6.07, 6.45) is 12.3. The minimum atomic E-state index is 0.305. The van der Waals surface area contributed by atoms with Crippen molar-refractivity contribution in [1.29, 1.82) is 0 Å². The number of fused-ring (bicyclic) bond motifs is 5. The minimum Gasteiger partial charge on any atom is -0.381 e. The maximum atomic E-state index is 12.2. The molecule has 4 aliphatic rings. The van der Waals surface area contributed by atoms with E-state index in [1.165, 1.54) is 51.4 Å². The van der Waals surface area contributed by atoms with Crippen molar-refractivity contribution >= 4 is 5.78 Å². The molecular weight excluding hydrogens is 296 g/mol. The van der Waals surface area contributed by atoms with Gasteiger partial charge >= 0.3 is 0 Å². The summed E-state index contributed by atoms with van der Waals surface area (Å²) in [6.45, 7) is 6.91. The van der Waals surface area contributed by atoms with E-state index in [0.29, 0.717) is 28.6 Å². The molecule has 0 spiro atoms. The smallest absolute Gasteiger partial charge is 0.133 e. The zero-order valence-corrected chi connectivity index (χ0v) is 16.1. The molecule has 0 aliphatic heterocycles. The number of methoxy groups -OCH3 is 1. The Bertz CT molecular complexity index is 514. The monoisotopic (exact) mass is 332 g/mol. The number of ketones is 1. The Balaban J connectivity index is 1.59. The fourth-order valence-corrected chi connectivity index (χ4v) is 8.10. The van der Waals surface area contributed by atoms with Crippen LogP contribution in [0.2, 0.25) is 0 Å².